The first-order chi connectivity index (χ1) is 13.9. The molecule has 0 aromatic heterocycles. The summed E-state index contributed by atoms with van der Waals surface area (Å²) < 4.78 is 0.979. The first-order valence-electron chi connectivity index (χ1n) is 9.01. The molecular weight excluding hydrogens is 430 g/mol. The second kappa shape index (κ2) is 9.30. The molecule has 6 heteroatoms. The lowest BCUT2D eigenvalue weighted by molar-refractivity contribution is 0.0954. The average Bonchev–Trinajstić information content (AvgIpc) is 2.73. The molecule has 0 aliphatic rings. The molecule has 3 aromatic carbocycles. The van der Waals surface area contributed by atoms with Crippen LogP contribution in [0.3, 0.4) is 0 Å². The number of rotatable bonds is 5. The van der Waals surface area contributed by atoms with E-state index in [2.05, 4.69) is 31.8 Å². The van der Waals surface area contributed by atoms with Crippen molar-refractivity contribution in [3.05, 3.63) is 99.5 Å². The van der Waals surface area contributed by atoms with E-state index < -0.39 is 0 Å². The maximum atomic E-state index is 12.4. The zero-order valence-corrected chi connectivity index (χ0v) is 17.7. The average molecular weight is 450 g/mol. The number of hydrogen-bond acceptors (Lipinski definition) is 3. The summed E-state index contributed by atoms with van der Waals surface area (Å²) in [6.45, 7) is 3.72. The molecule has 0 unspecified atom stereocenters. The molecular formula is C23H20BrN3O2. The molecule has 0 spiro atoms. The largest absolute Gasteiger partial charge is 0.322 e. The summed E-state index contributed by atoms with van der Waals surface area (Å²) in [4.78, 5) is 24.7. The lowest BCUT2D eigenvalue weighted by Crippen LogP contribution is -2.19. The van der Waals surface area contributed by atoms with Gasteiger partial charge in [-0.2, -0.15) is 5.10 Å². The summed E-state index contributed by atoms with van der Waals surface area (Å²) in [6, 6.07) is 21.7. The molecule has 5 nitrogen and oxygen atoms in total. The van der Waals surface area contributed by atoms with Crippen molar-refractivity contribution in [3.8, 4) is 0 Å². The highest BCUT2D eigenvalue weighted by Gasteiger charge is 2.10. The minimum Gasteiger partial charge on any atom is -0.322 e. The van der Waals surface area contributed by atoms with Gasteiger partial charge in [0.25, 0.3) is 11.8 Å². The number of nitrogens with one attached hydrogen (secondary N) is 2. The molecule has 0 saturated carbocycles. The van der Waals surface area contributed by atoms with Crippen LogP contribution in [0.1, 0.15) is 38.8 Å². The van der Waals surface area contributed by atoms with E-state index in [4.69, 9.17) is 0 Å². The molecule has 0 radical (unpaired) electrons. The van der Waals surface area contributed by atoms with Crippen LogP contribution in [0.5, 0.6) is 0 Å². The Balaban J connectivity index is 1.63. The van der Waals surface area contributed by atoms with E-state index in [0.717, 1.165) is 15.6 Å². The number of amides is 2. The summed E-state index contributed by atoms with van der Waals surface area (Å²) in [7, 11) is 0. The summed E-state index contributed by atoms with van der Waals surface area (Å²) in [5, 5.41) is 6.99. The van der Waals surface area contributed by atoms with Crippen molar-refractivity contribution in [1.82, 2.24) is 5.43 Å². The molecule has 3 rings (SSSR count). The standard InChI is InChI=1S/C23H20BrN3O2/c1-15-5-3-4-6-21(15)23(29)25-20-13-9-18(10-14-20)22(28)27-26-16(2)17-7-11-19(24)12-8-17/h3-14H,1-2H3,(H,25,29)(H,27,28)/b26-16+. The van der Waals surface area contributed by atoms with Gasteiger partial charge in [-0.1, -0.05) is 46.3 Å². The number of benzene rings is 3. The zero-order chi connectivity index (χ0) is 20.8. The minimum atomic E-state index is -0.321. The van der Waals surface area contributed by atoms with Crippen LogP contribution in [0.25, 0.3) is 0 Å². The third kappa shape index (κ3) is 5.39. The molecule has 29 heavy (non-hydrogen) atoms. The van der Waals surface area contributed by atoms with Crippen LogP contribution < -0.4 is 10.7 Å². The number of carbonyl (C=O) groups is 2. The lowest BCUT2D eigenvalue weighted by Gasteiger charge is -2.08. The Morgan fingerprint density at radius 1 is 0.828 bits per heavy atom. The SMILES string of the molecule is C/C(=N\NC(=O)c1ccc(NC(=O)c2ccccc2C)cc1)c1ccc(Br)cc1. The smallest absolute Gasteiger partial charge is 0.271 e. The maximum Gasteiger partial charge on any atom is 0.271 e. The van der Waals surface area contributed by atoms with Gasteiger partial charge in [-0.15, -0.1) is 0 Å². The fourth-order valence-electron chi connectivity index (χ4n) is 2.69. The van der Waals surface area contributed by atoms with Gasteiger partial charge in [0, 0.05) is 21.3 Å². The van der Waals surface area contributed by atoms with E-state index >= 15 is 0 Å². The number of nitrogens with zero attached hydrogens (tertiary/aromatic N) is 1. The molecule has 0 heterocycles. The van der Waals surface area contributed by atoms with Crippen molar-refractivity contribution in [2.45, 2.75) is 13.8 Å². The predicted octanol–water partition coefficient (Wildman–Crippen LogP) is 5.16. The predicted molar refractivity (Wildman–Crippen MR) is 119 cm³/mol. The second-order valence-corrected chi connectivity index (χ2v) is 7.41. The van der Waals surface area contributed by atoms with Crippen LogP contribution in [-0.2, 0) is 0 Å². The van der Waals surface area contributed by atoms with Gasteiger partial charge in [0.05, 0.1) is 5.71 Å². The highest BCUT2D eigenvalue weighted by molar-refractivity contribution is 9.10. The zero-order valence-electron chi connectivity index (χ0n) is 16.1. The number of carbonyl (C=O) groups excluding carboxylic acids is 2. The summed E-state index contributed by atoms with van der Waals surface area (Å²) in [5.41, 5.74) is 6.76. The van der Waals surface area contributed by atoms with Gasteiger partial charge in [-0.3, -0.25) is 9.59 Å². The van der Waals surface area contributed by atoms with E-state index in [0.29, 0.717) is 22.5 Å². The Kier molecular flexibility index (Phi) is 6.57. The van der Waals surface area contributed by atoms with Crippen molar-refractivity contribution in [2.24, 2.45) is 5.10 Å². The van der Waals surface area contributed by atoms with Crippen LogP contribution in [-0.4, -0.2) is 17.5 Å². The van der Waals surface area contributed by atoms with Gasteiger partial charge in [0.15, 0.2) is 0 Å². The second-order valence-electron chi connectivity index (χ2n) is 6.49. The third-order valence-corrected chi connectivity index (χ3v) is 4.91. The minimum absolute atomic E-state index is 0.185. The van der Waals surface area contributed by atoms with Crippen molar-refractivity contribution in [2.75, 3.05) is 5.32 Å². The monoisotopic (exact) mass is 449 g/mol. The van der Waals surface area contributed by atoms with Gasteiger partial charge < -0.3 is 5.32 Å². The Morgan fingerprint density at radius 3 is 2.10 bits per heavy atom. The topological polar surface area (TPSA) is 70.6 Å². The van der Waals surface area contributed by atoms with E-state index in [1.807, 2.05) is 56.3 Å². The van der Waals surface area contributed by atoms with E-state index in [1.54, 1.807) is 30.3 Å². The Morgan fingerprint density at radius 2 is 1.45 bits per heavy atom. The number of anilines is 1. The molecule has 0 saturated heterocycles. The van der Waals surface area contributed by atoms with Crippen molar-refractivity contribution in [1.29, 1.82) is 0 Å². The Hall–Kier alpha value is -3.25. The number of halogens is 1. The van der Waals surface area contributed by atoms with Crippen molar-refractivity contribution in [3.63, 3.8) is 0 Å². The van der Waals surface area contributed by atoms with Crippen molar-refractivity contribution < 1.29 is 9.59 Å². The van der Waals surface area contributed by atoms with Gasteiger partial charge in [0.1, 0.15) is 0 Å². The van der Waals surface area contributed by atoms with Crippen LogP contribution >= 0.6 is 15.9 Å². The highest BCUT2D eigenvalue weighted by Crippen LogP contribution is 2.14. The van der Waals surface area contributed by atoms with Crippen molar-refractivity contribution >= 4 is 39.1 Å². The van der Waals surface area contributed by atoms with Gasteiger partial charge in [0.2, 0.25) is 0 Å². The molecule has 2 amide bonds. The van der Waals surface area contributed by atoms with E-state index in [1.165, 1.54) is 0 Å². The molecule has 0 fully saturated rings. The van der Waals surface area contributed by atoms with Crippen LogP contribution in [0.4, 0.5) is 5.69 Å². The fraction of sp³-hybridized carbons (Fsp3) is 0.0870. The van der Waals surface area contributed by atoms with Gasteiger partial charge >= 0.3 is 0 Å². The fourth-order valence-corrected chi connectivity index (χ4v) is 2.95. The normalized spacial score (nSPS) is 11.1. The maximum absolute atomic E-state index is 12.4. The first kappa shape index (κ1) is 20.5. The Labute approximate surface area is 178 Å². The lowest BCUT2D eigenvalue weighted by atomic mass is 10.1. The molecule has 2 N–H and O–H groups in total. The van der Waals surface area contributed by atoms with Gasteiger partial charge in [-0.25, -0.2) is 5.43 Å². The quantitative estimate of drug-likeness (QED) is 0.416. The summed E-state index contributed by atoms with van der Waals surface area (Å²) in [6.07, 6.45) is 0. The number of aryl methyl sites for hydroxylation is 1. The number of hydrazone groups is 1. The summed E-state index contributed by atoms with van der Waals surface area (Å²) >= 11 is 3.39. The molecule has 0 aliphatic heterocycles. The van der Waals surface area contributed by atoms with Gasteiger partial charge in [-0.05, 0) is 67.4 Å². The highest BCUT2D eigenvalue weighted by atomic mass is 79.9. The number of hydrogen-bond donors (Lipinski definition) is 2. The Bertz CT molecular complexity index is 1060. The first-order valence-corrected chi connectivity index (χ1v) is 9.81. The molecule has 146 valence electrons. The van der Waals surface area contributed by atoms with Crippen LogP contribution in [0.15, 0.2) is 82.4 Å². The van der Waals surface area contributed by atoms with Crippen LogP contribution in [0, 0.1) is 6.92 Å². The van der Waals surface area contributed by atoms with E-state index in [-0.39, 0.29) is 11.8 Å². The molecule has 0 atom stereocenters. The van der Waals surface area contributed by atoms with E-state index in [9.17, 15) is 9.59 Å². The molecule has 3 aromatic rings. The summed E-state index contributed by atoms with van der Waals surface area (Å²) in [5.74, 6) is -0.506. The van der Waals surface area contributed by atoms with Crippen LogP contribution in [0.2, 0.25) is 0 Å². The third-order valence-electron chi connectivity index (χ3n) is 4.38. The molecule has 0 aliphatic carbocycles. The molecule has 0 bridgehead atoms.